The minimum absolute atomic E-state index is 0.0557. The van der Waals surface area contributed by atoms with E-state index in [1.165, 1.54) is 11.3 Å². The van der Waals surface area contributed by atoms with E-state index in [1.54, 1.807) is 15.8 Å². The predicted molar refractivity (Wildman–Crippen MR) is 95.9 cm³/mol. The highest BCUT2D eigenvalue weighted by molar-refractivity contribution is 7.07. The second kappa shape index (κ2) is 8.11. The number of benzene rings is 1. The van der Waals surface area contributed by atoms with Gasteiger partial charge < -0.3 is 14.5 Å². The highest BCUT2D eigenvalue weighted by Gasteiger charge is 2.25. The van der Waals surface area contributed by atoms with Crippen molar-refractivity contribution >= 4 is 23.2 Å². The highest BCUT2D eigenvalue weighted by atomic mass is 32.1. The number of hydrogen-bond donors (Lipinski definition) is 0. The molecule has 1 aromatic heterocycles. The molecule has 1 aliphatic rings. The molecule has 132 valence electrons. The van der Waals surface area contributed by atoms with E-state index in [2.05, 4.69) is 4.98 Å². The Morgan fingerprint density at radius 3 is 2.40 bits per heavy atom. The standard InChI is InChI=1S/C18H21N3O3S/c1-2-24-15-5-3-14(4-6-15)11-17(22)20-7-9-21(10-8-20)18(23)16-12-25-13-19-16/h3-6,12-13H,2,7-11H2,1H3. The second-order valence-electron chi connectivity index (χ2n) is 5.80. The summed E-state index contributed by atoms with van der Waals surface area (Å²) < 4.78 is 5.41. The quantitative estimate of drug-likeness (QED) is 0.820. The fraction of sp³-hybridized carbons (Fsp3) is 0.389. The van der Waals surface area contributed by atoms with Crippen LogP contribution in [0.2, 0.25) is 0 Å². The molecule has 1 aromatic carbocycles. The highest BCUT2D eigenvalue weighted by Crippen LogP contribution is 2.14. The van der Waals surface area contributed by atoms with Crippen molar-refractivity contribution in [3.05, 3.63) is 46.4 Å². The summed E-state index contributed by atoms with van der Waals surface area (Å²) in [5.41, 5.74) is 3.11. The molecule has 0 saturated carbocycles. The van der Waals surface area contributed by atoms with Gasteiger partial charge in [0.2, 0.25) is 5.91 Å². The number of rotatable bonds is 5. The van der Waals surface area contributed by atoms with Gasteiger partial charge in [-0.1, -0.05) is 12.1 Å². The fourth-order valence-corrected chi connectivity index (χ4v) is 3.32. The lowest BCUT2D eigenvalue weighted by atomic mass is 10.1. The van der Waals surface area contributed by atoms with Crippen LogP contribution in [-0.2, 0) is 11.2 Å². The largest absolute Gasteiger partial charge is 0.494 e. The number of carbonyl (C=O) groups excluding carboxylic acids is 2. The maximum absolute atomic E-state index is 12.5. The van der Waals surface area contributed by atoms with E-state index < -0.39 is 0 Å². The average Bonchev–Trinajstić information content (AvgIpc) is 3.18. The van der Waals surface area contributed by atoms with Gasteiger partial charge in [0.1, 0.15) is 11.4 Å². The van der Waals surface area contributed by atoms with Crippen molar-refractivity contribution in [2.24, 2.45) is 0 Å². The van der Waals surface area contributed by atoms with Crippen LogP contribution in [0.4, 0.5) is 0 Å². The summed E-state index contributed by atoms with van der Waals surface area (Å²) in [6.45, 7) is 4.78. The minimum Gasteiger partial charge on any atom is -0.494 e. The molecule has 3 rings (SSSR count). The van der Waals surface area contributed by atoms with E-state index in [0.717, 1.165) is 11.3 Å². The molecule has 0 bridgehead atoms. The topological polar surface area (TPSA) is 62.7 Å². The first-order valence-corrected chi connectivity index (χ1v) is 9.28. The molecule has 2 aromatic rings. The van der Waals surface area contributed by atoms with Crippen LogP contribution in [0, 0.1) is 0 Å². The summed E-state index contributed by atoms with van der Waals surface area (Å²) in [5.74, 6) is 0.845. The van der Waals surface area contributed by atoms with Gasteiger partial charge in [0, 0.05) is 31.6 Å². The third-order valence-electron chi connectivity index (χ3n) is 4.16. The molecule has 1 aliphatic heterocycles. The van der Waals surface area contributed by atoms with Gasteiger partial charge in [0.15, 0.2) is 0 Å². The average molecular weight is 359 g/mol. The Bertz CT molecular complexity index is 708. The second-order valence-corrected chi connectivity index (χ2v) is 6.52. The summed E-state index contributed by atoms with van der Waals surface area (Å²) in [4.78, 5) is 32.4. The number of ether oxygens (including phenoxy) is 1. The summed E-state index contributed by atoms with van der Waals surface area (Å²) >= 11 is 1.41. The summed E-state index contributed by atoms with van der Waals surface area (Å²) in [7, 11) is 0. The molecule has 0 spiro atoms. The van der Waals surface area contributed by atoms with E-state index >= 15 is 0 Å². The number of piperazine rings is 1. The zero-order valence-corrected chi connectivity index (χ0v) is 15.0. The van der Waals surface area contributed by atoms with Crippen LogP contribution in [-0.4, -0.2) is 59.4 Å². The molecule has 1 saturated heterocycles. The first-order valence-electron chi connectivity index (χ1n) is 8.34. The summed E-state index contributed by atoms with van der Waals surface area (Å²) in [6.07, 6.45) is 0.367. The van der Waals surface area contributed by atoms with Gasteiger partial charge in [-0.2, -0.15) is 0 Å². The van der Waals surface area contributed by atoms with Gasteiger partial charge in [0.05, 0.1) is 18.5 Å². The Kier molecular flexibility index (Phi) is 5.65. The van der Waals surface area contributed by atoms with Crippen molar-refractivity contribution in [2.75, 3.05) is 32.8 Å². The van der Waals surface area contributed by atoms with Crippen LogP contribution in [0.3, 0.4) is 0 Å². The predicted octanol–water partition coefficient (Wildman–Crippen LogP) is 2.07. The Labute approximate surface area is 151 Å². The molecule has 0 atom stereocenters. The summed E-state index contributed by atoms with van der Waals surface area (Å²) in [5, 5.41) is 1.76. The van der Waals surface area contributed by atoms with Gasteiger partial charge in [-0.05, 0) is 24.6 Å². The molecule has 2 amide bonds. The molecule has 0 aliphatic carbocycles. The Hall–Kier alpha value is -2.41. The molecule has 25 heavy (non-hydrogen) atoms. The smallest absolute Gasteiger partial charge is 0.273 e. The number of thiazole rings is 1. The molecule has 6 nitrogen and oxygen atoms in total. The monoisotopic (exact) mass is 359 g/mol. The van der Waals surface area contributed by atoms with Crippen LogP contribution in [0.25, 0.3) is 0 Å². The number of carbonyl (C=O) groups is 2. The van der Waals surface area contributed by atoms with Crippen LogP contribution in [0.15, 0.2) is 35.2 Å². The zero-order valence-electron chi connectivity index (χ0n) is 14.2. The normalized spacial score (nSPS) is 14.4. The molecule has 0 radical (unpaired) electrons. The fourth-order valence-electron chi connectivity index (χ4n) is 2.80. The molecule has 7 heteroatoms. The number of amides is 2. The SMILES string of the molecule is CCOc1ccc(CC(=O)N2CCN(C(=O)c3cscn3)CC2)cc1. The van der Waals surface area contributed by atoms with Gasteiger partial charge in [0.25, 0.3) is 5.91 Å². The van der Waals surface area contributed by atoms with E-state index in [1.807, 2.05) is 36.1 Å². The Morgan fingerprint density at radius 1 is 1.12 bits per heavy atom. The lowest BCUT2D eigenvalue weighted by molar-refractivity contribution is -0.131. The number of aromatic nitrogens is 1. The van der Waals surface area contributed by atoms with Crippen molar-refractivity contribution < 1.29 is 14.3 Å². The first-order chi connectivity index (χ1) is 12.2. The third-order valence-corrected chi connectivity index (χ3v) is 4.75. The van der Waals surface area contributed by atoms with Gasteiger partial charge in [-0.15, -0.1) is 11.3 Å². The van der Waals surface area contributed by atoms with Crippen molar-refractivity contribution in [3.63, 3.8) is 0 Å². The van der Waals surface area contributed by atoms with E-state index in [0.29, 0.717) is 44.9 Å². The number of nitrogens with zero attached hydrogens (tertiary/aromatic N) is 3. The van der Waals surface area contributed by atoms with Gasteiger partial charge in [-0.3, -0.25) is 9.59 Å². The molecule has 0 N–H and O–H groups in total. The maximum Gasteiger partial charge on any atom is 0.273 e. The third kappa shape index (κ3) is 4.36. The zero-order chi connectivity index (χ0) is 17.6. The lowest BCUT2D eigenvalue weighted by Gasteiger charge is -2.34. The number of hydrogen-bond acceptors (Lipinski definition) is 5. The van der Waals surface area contributed by atoms with E-state index in [-0.39, 0.29) is 11.8 Å². The maximum atomic E-state index is 12.5. The Morgan fingerprint density at radius 2 is 1.80 bits per heavy atom. The van der Waals surface area contributed by atoms with Crippen molar-refractivity contribution in [1.29, 1.82) is 0 Å². The molecule has 0 unspecified atom stereocenters. The van der Waals surface area contributed by atoms with Crippen LogP contribution < -0.4 is 4.74 Å². The molecule has 1 fully saturated rings. The minimum atomic E-state index is -0.0557. The van der Waals surface area contributed by atoms with Gasteiger partial charge in [-0.25, -0.2) is 4.98 Å². The van der Waals surface area contributed by atoms with Crippen LogP contribution >= 0.6 is 11.3 Å². The van der Waals surface area contributed by atoms with Crippen LogP contribution in [0.1, 0.15) is 23.0 Å². The first kappa shape index (κ1) is 17.4. The van der Waals surface area contributed by atoms with Crippen LogP contribution in [0.5, 0.6) is 5.75 Å². The van der Waals surface area contributed by atoms with E-state index in [4.69, 9.17) is 4.74 Å². The lowest BCUT2D eigenvalue weighted by Crippen LogP contribution is -2.51. The molecule has 2 heterocycles. The van der Waals surface area contributed by atoms with Gasteiger partial charge >= 0.3 is 0 Å². The van der Waals surface area contributed by atoms with E-state index in [9.17, 15) is 9.59 Å². The molecular formula is C18H21N3O3S. The van der Waals surface area contributed by atoms with Crippen molar-refractivity contribution in [3.8, 4) is 5.75 Å². The van der Waals surface area contributed by atoms with Crippen molar-refractivity contribution in [2.45, 2.75) is 13.3 Å². The van der Waals surface area contributed by atoms with Crippen molar-refractivity contribution in [1.82, 2.24) is 14.8 Å². The Balaban J connectivity index is 1.50. The summed E-state index contributed by atoms with van der Waals surface area (Å²) in [6, 6.07) is 7.61. The molecular weight excluding hydrogens is 338 g/mol.